The summed E-state index contributed by atoms with van der Waals surface area (Å²) in [5.41, 5.74) is 0.464. The van der Waals surface area contributed by atoms with Gasteiger partial charge in [-0.1, -0.05) is 34.8 Å². The van der Waals surface area contributed by atoms with E-state index in [4.69, 9.17) is 34.8 Å². The van der Waals surface area contributed by atoms with Crippen LogP contribution in [0, 0.1) is 0 Å². The Hall–Kier alpha value is -0.480. The topological polar surface area (TPSA) is 46.5 Å². The fraction of sp³-hybridized carbons (Fsp3) is 0.300. The first kappa shape index (κ1) is 13.6. The third kappa shape index (κ3) is 3.25. The zero-order valence-electron chi connectivity index (χ0n) is 8.34. The molecule has 0 aliphatic rings. The molecule has 0 saturated carbocycles. The van der Waals surface area contributed by atoms with E-state index in [1.54, 1.807) is 0 Å². The zero-order valence-corrected chi connectivity index (χ0v) is 10.6. The number of methoxy groups -OCH3 is 1. The predicted octanol–water partition coefficient (Wildman–Crippen LogP) is 2.72. The van der Waals surface area contributed by atoms with Gasteiger partial charge in [-0.2, -0.15) is 0 Å². The molecule has 1 unspecified atom stereocenters. The summed E-state index contributed by atoms with van der Waals surface area (Å²) in [6, 6.07) is 2.99. The average Bonchev–Trinajstić information content (AvgIpc) is 2.21. The quantitative estimate of drug-likeness (QED) is 0.868. The first-order chi connectivity index (χ1) is 7.45. The Morgan fingerprint density at radius 2 is 1.88 bits per heavy atom. The largest absolute Gasteiger partial charge is 0.467 e. The van der Waals surface area contributed by atoms with Crippen LogP contribution in [-0.2, 0) is 16.0 Å². The maximum atomic E-state index is 11.0. The summed E-state index contributed by atoms with van der Waals surface area (Å²) in [7, 11) is 1.19. The third-order valence-corrected chi connectivity index (χ3v) is 2.87. The molecule has 1 N–H and O–H groups in total. The highest BCUT2D eigenvalue weighted by Gasteiger charge is 2.19. The number of esters is 1. The van der Waals surface area contributed by atoms with Crippen molar-refractivity contribution in [3.05, 3.63) is 32.8 Å². The molecule has 0 aromatic heterocycles. The molecule has 3 nitrogen and oxygen atoms in total. The lowest BCUT2D eigenvalue weighted by Gasteiger charge is -2.11. The molecule has 0 aliphatic heterocycles. The summed E-state index contributed by atoms with van der Waals surface area (Å²) < 4.78 is 4.39. The Morgan fingerprint density at radius 3 is 2.31 bits per heavy atom. The fourth-order valence-electron chi connectivity index (χ4n) is 1.18. The van der Waals surface area contributed by atoms with Gasteiger partial charge in [-0.15, -0.1) is 0 Å². The van der Waals surface area contributed by atoms with E-state index in [1.165, 1.54) is 19.2 Å². The Balaban J connectivity index is 2.93. The highest BCUT2D eigenvalue weighted by molar-refractivity contribution is 6.39. The zero-order chi connectivity index (χ0) is 12.3. The van der Waals surface area contributed by atoms with Crippen molar-refractivity contribution in [1.29, 1.82) is 0 Å². The van der Waals surface area contributed by atoms with Gasteiger partial charge < -0.3 is 9.84 Å². The second-order valence-corrected chi connectivity index (χ2v) is 4.34. The number of hydrogen-bond acceptors (Lipinski definition) is 3. The minimum atomic E-state index is -1.29. The van der Waals surface area contributed by atoms with Crippen molar-refractivity contribution in [2.24, 2.45) is 0 Å². The van der Waals surface area contributed by atoms with Gasteiger partial charge >= 0.3 is 5.97 Å². The summed E-state index contributed by atoms with van der Waals surface area (Å²) in [4.78, 5) is 11.0. The Kier molecular flexibility index (Phi) is 4.87. The molecule has 0 bridgehead atoms. The molecule has 0 amide bonds. The van der Waals surface area contributed by atoms with Gasteiger partial charge in [-0.25, -0.2) is 4.79 Å². The molecule has 1 aromatic carbocycles. The summed E-state index contributed by atoms with van der Waals surface area (Å²) >= 11 is 17.5. The smallest absolute Gasteiger partial charge is 0.335 e. The van der Waals surface area contributed by atoms with Crippen molar-refractivity contribution in [2.75, 3.05) is 7.11 Å². The second kappa shape index (κ2) is 5.73. The maximum Gasteiger partial charge on any atom is 0.335 e. The van der Waals surface area contributed by atoms with E-state index in [1.807, 2.05) is 0 Å². The van der Waals surface area contributed by atoms with Crippen LogP contribution < -0.4 is 0 Å². The van der Waals surface area contributed by atoms with Crippen LogP contribution in [0.3, 0.4) is 0 Å². The molecule has 88 valence electrons. The van der Waals surface area contributed by atoms with Crippen LogP contribution in [-0.4, -0.2) is 24.3 Å². The van der Waals surface area contributed by atoms with Crippen LogP contribution >= 0.6 is 34.8 Å². The number of ether oxygens (including phenoxy) is 1. The molecule has 6 heteroatoms. The van der Waals surface area contributed by atoms with Crippen LogP contribution in [0.5, 0.6) is 0 Å². The Bertz CT molecular complexity index is 383. The maximum absolute atomic E-state index is 11.0. The van der Waals surface area contributed by atoms with Crippen molar-refractivity contribution < 1.29 is 14.6 Å². The molecular formula is C10H9Cl3O3. The van der Waals surface area contributed by atoms with Gasteiger partial charge in [-0.05, 0) is 17.7 Å². The first-order valence-corrected chi connectivity index (χ1v) is 5.48. The van der Waals surface area contributed by atoms with E-state index in [2.05, 4.69) is 4.74 Å². The van der Waals surface area contributed by atoms with Crippen LogP contribution in [0.25, 0.3) is 0 Å². The lowest BCUT2D eigenvalue weighted by molar-refractivity contribution is -0.150. The molecule has 1 atom stereocenters. The van der Waals surface area contributed by atoms with Crippen molar-refractivity contribution in [3.8, 4) is 0 Å². The van der Waals surface area contributed by atoms with Gasteiger partial charge in [0, 0.05) is 21.5 Å². The number of carbonyl (C=O) groups excluding carboxylic acids is 1. The van der Waals surface area contributed by atoms with E-state index < -0.39 is 12.1 Å². The first-order valence-electron chi connectivity index (χ1n) is 4.35. The van der Waals surface area contributed by atoms with E-state index in [0.29, 0.717) is 20.6 Å². The lowest BCUT2D eigenvalue weighted by atomic mass is 10.1. The molecule has 0 fully saturated rings. The molecule has 0 saturated heterocycles. The van der Waals surface area contributed by atoms with Crippen molar-refractivity contribution in [1.82, 2.24) is 0 Å². The van der Waals surface area contributed by atoms with Gasteiger partial charge in [0.1, 0.15) is 0 Å². The molecule has 1 rings (SSSR count). The van der Waals surface area contributed by atoms with Gasteiger partial charge in [0.2, 0.25) is 0 Å². The number of carbonyl (C=O) groups is 1. The Morgan fingerprint density at radius 1 is 1.38 bits per heavy atom. The summed E-state index contributed by atoms with van der Waals surface area (Å²) in [5.74, 6) is -0.734. The summed E-state index contributed by atoms with van der Waals surface area (Å²) in [6.45, 7) is 0. The van der Waals surface area contributed by atoms with Gasteiger partial charge in [0.05, 0.1) is 7.11 Å². The molecule has 0 spiro atoms. The number of aliphatic hydroxyl groups excluding tert-OH is 1. The van der Waals surface area contributed by atoms with Gasteiger partial charge in [0.25, 0.3) is 0 Å². The van der Waals surface area contributed by atoms with Gasteiger partial charge in [0.15, 0.2) is 6.10 Å². The van der Waals surface area contributed by atoms with Crippen LogP contribution in [0.4, 0.5) is 0 Å². The predicted molar refractivity (Wildman–Crippen MR) is 63.2 cm³/mol. The number of halogens is 3. The average molecular weight is 284 g/mol. The number of benzene rings is 1. The highest BCUT2D eigenvalue weighted by Crippen LogP contribution is 2.29. The standard InChI is InChI=1S/C10H9Cl3O3/c1-16-10(15)9(14)4-6-7(12)2-5(11)3-8(6)13/h2-3,9,14H,4H2,1H3. The molecular weight excluding hydrogens is 274 g/mol. The molecule has 16 heavy (non-hydrogen) atoms. The monoisotopic (exact) mass is 282 g/mol. The van der Waals surface area contributed by atoms with E-state index in [0.717, 1.165) is 0 Å². The number of aliphatic hydroxyl groups is 1. The molecule has 0 radical (unpaired) electrons. The van der Waals surface area contributed by atoms with Gasteiger partial charge in [-0.3, -0.25) is 0 Å². The fourth-order valence-corrected chi connectivity index (χ4v) is 2.15. The third-order valence-electron chi connectivity index (χ3n) is 1.98. The normalized spacial score (nSPS) is 12.3. The molecule has 1 aromatic rings. The number of hydrogen-bond donors (Lipinski definition) is 1. The van der Waals surface area contributed by atoms with Crippen LogP contribution in [0.2, 0.25) is 15.1 Å². The molecule has 0 heterocycles. The summed E-state index contributed by atoms with van der Waals surface area (Å²) in [5, 5.41) is 10.5. The summed E-state index contributed by atoms with van der Waals surface area (Å²) in [6.07, 6.45) is -1.30. The molecule has 0 aliphatic carbocycles. The van der Waals surface area contributed by atoms with Crippen LogP contribution in [0.15, 0.2) is 12.1 Å². The van der Waals surface area contributed by atoms with E-state index in [9.17, 15) is 9.90 Å². The van der Waals surface area contributed by atoms with E-state index >= 15 is 0 Å². The minimum absolute atomic E-state index is 0.0124. The number of rotatable bonds is 3. The lowest BCUT2D eigenvalue weighted by Crippen LogP contribution is -2.24. The minimum Gasteiger partial charge on any atom is -0.467 e. The van der Waals surface area contributed by atoms with Crippen molar-refractivity contribution >= 4 is 40.8 Å². The van der Waals surface area contributed by atoms with Crippen molar-refractivity contribution in [3.63, 3.8) is 0 Å². The Labute approximate surface area is 108 Å². The van der Waals surface area contributed by atoms with E-state index in [-0.39, 0.29) is 6.42 Å². The SMILES string of the molecule is COC(=O)C(O)Cc1c(Cl)cc(Cl)cc1Cl. The second-order valence-electron chi connectivity index (χ2n) is 3.09. The highest BCUT2D eigenvalue weighted by atomic mass is 35.5. The van der Waals surface area contributed by atoms with Crippen molar-refractivity contribution in [2.45, 2.75) is 12.5 Å². The van der Waals surface area contributed by atoms with Crippen LogP contribution in [0.1, 0.15) is 5.56 Å².